The van der Waals surface area contributed by atoms with E-state index in [2.05, 4.69) is 5.32 Å². The molecule has 1 aromatic rings. The zero-order chi connectivity index (χ0) is 16.0. The third-order valence-electron chi connectivity index (χ3n) is 3.09. The maximum Gasteiger partial charge on any atom is 0.247 e. The van der Waals surface area contributed by atoms with Crippen molar-refractivity contribution in [1.82, 2.24) is 10.2 Å². The first kappa shape index (κ1) is 17.0. The van der Waals surface area contributed by atoms with Crippen LogP contribution in [0.2, 0.25) is 0 Å². The molecule has 0 aromatic heterocycles. The molecule has 0 aliphatic carbocycles. The molecule has 0 aliphatic rings. The van der Waals surface area contributed by atoms with Crippen LogP contribution in [0, 0.1) is 6.92 Å². The van der Waals surface area contributed by atoms with Gasteiger partial charge in [0.25, 0.3) is 0 Å². The van der Waals surface area contributed by atoms with E-state index >= 15 is 0 Å². The first-order valence-corrected chi connectivity index (χ1v) is 6.96. The number of carbonyl (C=O) groups is 2. The summed E-state index contributed by atoms with van der Waals surface area (Å²) in [7, 11) is 1.70. The normalized spacial score (nSPS) is 10.9. The Balaban J connectivity index is 2.46. The number of aryl methyl sites for hydroxylation is 1. The minimum atomic E-state index is -0.912. The summed E-state index contributed by atoms with van der Waals surface area (Å²) in [5, 5.41) is 2.64. The number of nitrogens with zero attached hydrogens (tertiary/aromatic N) is 1. The zero-order valence-electron chi connectivity index (χ0n) is 13.4. The number of nitrogens with one attached hydrogen (secondary N) is 1. The van der Waals surface area contributed by atoms with Gasteiger partial charge in [-0.15, -0.1) is 0 Å². The Hall–Kier alpha value is -2.04. The van der Waals surface area contributed by atoms with E-state index in [1.54, 1.807) is 25.8 Å². The summed E-state index contributed by atoms with van der Waals surface area (Å²) < 4.78 is 5.59. The van der Waals surface area contributed by atoms with Crippen molar-refractivity contribution in [3.63, 3.8) is 0 Å². The van der Waals surface area contributed by atoms with Gasteiger partial charge in [0, 0.05) is 14.0 Å². The van der Waals surface area contributed by atoms with Crippen LogP contribution >= 0.6 is 0 Å². The van der Waals surface area contributed by atoms with E-state index < -0.39 is 5.54 Å². The van der Waals surface area contributed by atoms with E-state index in [4.69, 9.17) is 4.74 Å². The van der Waals surface area contributed by atoms with Crippen LogP contribution in [0.1, 0.15) is 26.3 Å². The predicted molar refractivity (Wildman–Crippen MR) is 82.2 cm³/mol. The molecule has 0 heterocycles. The van der Waals surface area contributed by atoms with Gasteiger partial charge in [-0.05, 0) is 32.9 Å². The van der Waals surface area contributed by atoms with E-state index in [9.17, 15) is 9.59 Å². The number of rotatable bonds is 6. The van der Waals surface area contributed by atoms with Crippen LogP contribution in [0.25, 0.3) is 0 Å². The third-order valence-corrected chi connectivity index (χ3v) is 3.09. The van der Waals surface area contributed by atoms with Crippen molar-refractivity contribution >= 4 is 11.8 Å². The number of likely N-dealkylation sites (N-methyl/N-ethyl adjacent to an activating group) is 1. The Bertz CT molecular complexity index is 495. The van der Waals surface area contributed by atoms with Crippen LogP contribution in [-0.2, 0) is 9.59 Å². The molecule has 5 heteroatoms. The SMILES string of the molecule is CC(=O)NC(C)(C)C(=O)N(C)CCOc1ccc(C)cc1. The van der Waals surface area contributed by atoms with Crippen molar-refractivity contribution in [3.05, 3.63) is 29.8 Å². The van der Waals surface area contributed by atoms with Gasteiger partial charge in [-0.25, -0.2) is 0 Å². The van der Waals surface area contributed by atoms with Crippen LogP contribution in [-0.4, -0.2) is 42.5 Å². The fraction of sp³-hybridized carbons (Fsp3) is 0.500. The van der Waals surface area contributed by atoms with E-state index in [-0.39, 0.29) is 11.8 Å². The summed E-state index contributed by atoms with van der Waals surface area (Å²) in [6.45, 7) is 7.65. The smallest absolute Gasteiger partial charge is 0.247 e. The highest BCUT2D eigenvalue weighted by atomic mass is 16.5. The highest BCUT2D eigenvalue weighted by Crippen LogP contribution is 2.12. The van der Waals surface area contributed by atoms with Crippen molar-refractivity contribution in [2.45, 2.75) is 33.2 Å². The summed E-state index contributed by atoms with van der Waals surface area (Å²) in [5.74, 6) is 0.408. The summed E-state index contributed by atoms with van der Waals surface area (Å²) >= 11 is 0. The van der Waals surface area contributed by atoms with Gasteiger partial charge in [0.15, 0.2) is 0 Å². The van der Waals surface area contributed by atoms with Crippen molar-refractivity contribution in [1.29, 1.82) is 0 Å². The molecule has 0 unspecified atom stereocenters. The molecule has 0 aliphatic heterocycles. The largest absolute Gasteiger partial charge is 0.492 e. The maximum absolute atomic E-state index is 12.2. The monoisotopic (exact) mass is 292 g/mol. The van der Waals surface area contributed by atoms with Crippen LogP contribution in [0.15, 0.2) is 24.3 Å². The molecule has 0 saturated heterocycles. The number of ether oxygens (including phenoxy) is 1. The van der Waals surface area contributed by atoms with E-state index in [1.807, 2.05) is 31.2 Å². The van der Waals surface area contributed by atoms with Gasteiger partial charge >= 0.3 is 0 Å². The first-order valence-electron chi connectivity index (χ1n) is 6.96. The lowest BCUT2D eigenvalue weighted by molar-refractivity contribution is -0.139. The van der Waals surface area contributed by atoms with Crippen molar-refractivity contribution < 1.29 is 14.3 Å². The summed E-state index contributed by atoms with van der Waals surface area (Å²) in [4.78, 5) is 24.9. The minimum Gasteiger partial charge on any atom is -0.492 e. The first-order chi connectivity index (χ1) is 9.72. The molecule has 116 valence electrons. The average Bonchev–Trinajstić information content (AvgIpc) is 2.38. The van der Waals surface area contributed by atoms with Gasteiger partial charge in [-0.3, -0.25) is 9.59 Å². The number of carbonyl (C=O) groups excluding carboxylic acids is 2. The zero-order valence-corrected chi connectivity index (χ0v) is 13.4. The molecule has 21 heavy (non-hydrogen) atoms. The Morgan fingerprint density at radius 2 is 1.81 bits per heavy atom. The second-order valence-corrected chi connectivity index (χ2v) is 5.69. The maximum atomic E-state index is 12.2. The fourth-order valence-corrected chi connectivity index (χ4v) is 2.01. The Morgan fingerprint density at radius 3 is 2.33 bits per heavy atom. The second kappa shape index (κ2) is 7.11. The number of benzene rings is 1. The van der Waals surface area contributed by atoms with Crippen LogP contribution in [0.4, 0.5) is 0 Å². The molecular weight excluding hydrogens is 268 g/mol. The number of hydrogen-bond acceptors (Lipinski definition) is 3. The van der Waals surface area contributed by atoms with E-state index in [0.29, 0.717) is 13.2 Å². The fourth-order valence-electron chi connectivity index (χ4n) is 2.01. The standard InChI is InChI=1S/C16H24N2O3/c1-12-6-8-14(9-7-12)21-11-10-18(5)15(20)16(3,4)17-13(2)19/h6-9H,10-11H2,1-5H3,(H,17,19). The minimum absolute atomic E-state index is 0.148. The molecule has 0 bridgehead atoms. The molecule has 1 aromatic carbocycles. The number of hydrogen-bond donors (Lipinski definition) is 1. The topological polar surface area (TPSA) is 58.6 Å². The van der Waals surface area contributed by atoms with Gasteiger partial charge in [-0.1, -0.05) is 17.7 Å². The molecule has 5 nitrogen and oxygen atoms in total. The number of amides is 2. The predicted octanol–water partition coefficient (Wildman–Crippen LogP) is 1.75. The average molecular weight is 292 g/mol. The van der Waals surface area contributed by atoms with Crippen molar-refractivity contribution in [2.24, 2.45) is 0 Å². The molecular formula is C16H24N2O3. The lowest BCUT2D eigenvalue weighted by atomic mass is 10.0. The van der Waals surface area contributed by atoms with Gasteiger partial charge in [0.2, 0.25) is 11.8 Å². The molecule has 0 atom stereocenters. The summed E-state index contributed by atoms with van der Waals surface area (Å²) in [6, 6.07) is 7.75. The Morgan fingerprint density at radius 1 is 1.24 bits per heavy atom. The lowest BCUT2D eigenvalue weighted by Gasteiger charge is -2.29. The van der Waals surface area contributed by atoms with Gasteiger partial charge < -0.3 is 15.0 Å². The summed E-state index contributed by atoms with van der Waals surface area (Å²) in [6.07, 6.45) is 0. The molecule has 1 rings (SSSR count). The molecule has 0 fully saturated rings. The third kappa shape index (κ3) is 5.45. The quantitative estimate of drug-likeness (QED) is 0.869. The van der Waals surface area contributed by atoms with Crippen molar-refractivity contribution in [2.75, 3.05) is 20.2 Å². The van der Waals surface area contributed by atoms with Gasteiger partial charge in [0.1, 0.15) is 17.9 Å². The highest BCUT2D eigenvalue weighted by Gasteiger charge is 2.30. The summed E-state index contributed by atoms with van der Waals surface area (Å²) in [5.41, 5.74) is 0.261. The van der Waals surface area contributed by atoms with Gasteiger partial charge in [-0.2, -0.15) is 0 Å². The van der Waals surface area contributed by atoms with Gasteiger partial charge in [0.05, 0.1) is 6.54 Å². The molecule has 2 amide bonds. The molecule has 0 spiro atoms. The highest BCUT2D eigenvalue weighted by molar-refractivity contribution is 5.89. The second-order valence-electron chi connectivity index (χ2n) is 5.69. The Kier molecular flexibility index (Phi) is 5.76. The van der Waals surface area contributed by atoms with Crippen molar-refractivity contribution in [3.8, 4) is 5.75 Å². The van der Waals surface area contributed by atoms with Crippen LogP contribution in [0.5, 0.6) is 5.75 Å². The lowest BCUT2D eigenvalue weighted by Crippen LogP contribution is -2.55. The molecule has 0 saturated carbocycles. The molecule has 0 radical (unpaired) electrons. The van der Waals surface area contributed by atoms with Crippen LogP contribution < -0.4 is 10.1 Å². The Labute approximate surface area is 126 Å². The van der Waals surface area contributed by atoms with E-state index in [0.717, 1.165) is 5.75 Å². The molecule has 1 N–H and O–H groups in total. The van der Waals surface area contributed by atoms with Crippen LogP contribution in [0.3, 0.4) is 0 Å². The van der Waals surface area contributed by atoms with E-state index in [1.165, 1.54) is 12.5 Å².